The van der Waals surface area contributed by atoms with E-state index in [1.165, 1.54) is 12.1 Å². The van der Waals surface area contributed by atoms with Crippen molar-refractivity contribution in [2.75, 3.05) is 24.6 Å². The Balaban J connectivity index is 1.64. The van der Waals surface area contributed by atoms with Crippen LogP contribution >= 0.6 is 11.6 Å². The van der Waals surface area contributed by atoms with Crippen LogP contribution in [0.5, 0.6) is 0 Å². The van der Waals surface area contributed by atoms with Crippen LogP contribution in [0.3, 0.4) is 0 Å². The fraction of sp³-hybridized carbons (Fsp3) is 0.300. The number of non-ortho nitro benzene ring substituents is 1. The molecule has 0 spiro atoms. The fourth-order valence-electron chi connectivity index (χ4n) is 3.13. The van der Waals surface area contributed by atoms with Crippen molar-refractivity contribution in [2.24, 2.45) is 0 Å². The Bertz CT molecular complexity index is 928. The topological polar surface area (TPSA) is 102 Å². The monoisotopic (exact) mass is 417 g/mol. The zero-order chi connectivity index (χ0) is 20.8. The van der Waals surface area contributed by atoms with Gasteiger partial charge in [-0.05, 0) is 30.5 Å². The number of hydrogen-bond acceptors (Lipinski definition) is 6. The van der Waals surface area contributed by atoms with E-state index in [2.05, 4.69) is 5.32 Å². The van der Waals surface area contributed by atoms with E-state index in [-0.39, 0.29) is 17.8 Å². The molecule has 1 N–H and O–H groups in total. The normalized spacial score (nSPS) is 13.2. The van der Waals surface area contributed by atoms with Crippen molar-refractivity contribution in [3.8, 4) is 0 Å². The summed E-state index contributed by atoms with van der Waals surface area (Å²) >= 11 is 6.04. The molecule has 1 heterocycles. The van der Waals surface area contributed by atoms with Crippen LogP contribution in [-0.4, -0.2) is 36.5 Å². The second-order valence-corrected chi connectivity index (χ2v) is 7.00. The summed E-state index contributed by atoms with van der Waals surface area (Å²) in [6.07, 6.45) is 1.96. The van der Waals surface area contributed by atoms with E-state index in [0.29, 0.717) is 10.7 Å². The van der Waals surface area contributed by atoms with E-state index in [4.69, 9.17) is 16.3 Å². The van der Waals surface area contributed by atoms with Crippen LogP contribution in [0.1, 0.15) is 28.8 Å². The number of amides is 1. The SMILES string of the molecule is O=C(COC(=O)c1cc([N+](=O)[O-])ccc1N1CCCC1)NCc1ccccc1Cl. The highest BCUT2D eigenvalue weighted by atomic mass is 35.5. The van der Waals surface area contributed by atoms with Gasteiger partial charge in [0.05, 0.1) is 16.2 Å². The smallest absolute Gasteiger partial charge is 0.341 e. The minimum atomic E-state index is -0.775. The van der Waals surface area contributed by atoms with Gasteiger partial charge in [-0.3, -0.25) is 14.9 Å². The lowest BCUT2D eigenvalue weighted by Crippen LogP contribution is -2.29. The maximum absolute atomic E-state index is 12.6. The molecule has 1 amide bonds. The zero-order valence-electron chi connectivity index (χ0n) is 15.6. The number of nitro groups is 1. The van der Waals surface area contributed by atoms with Crippen molar-refractivity contribution < 1.29 is 19.2 Å². The molecule has 0 unspecified atom stereocenters. The van der Waals surface area contributed by atoms with Crippen LogP contribution < -0.4 is 10.2 Å². The Hall–Kier alpha value is -3.13. The Labute approximate surface area is 172 Å². The maximum Gasteiger partial charge on any atom is 0.341 e. The molecule has 0 saturated carbocycles. The summed E-state index contributed by atoms with van der Waals surface area (Å²) in [6.45, 7) is 1.23. The van der Waals surface area contributed by atoms with Gasteiger partial charge in [0, 0.05) is 36.8 Å². The lowest BCUT2D eigenvalue weighted by molar-refractivity contribution is -0.384. The van der Waals surface area contributed by atoms with E-state index in [0.717, 1.165) is 31.5 Å². The summed E-state index contributed by atoms with van der Waals surface area (Å²) < 4.78 is 5.11. The Morgan fingerprint density at radius 1 is 1.17 bits per heavy atom. The molecule has 0 radical (unpaired) electrons. The lowest BCUT2D eigenvalue weighted by atomic mass is 10.1. The largest absolute Gasteiger partial charge is 0.452 e. The number of nitro benzene ring substituents is 1. The van der Waals surface area contributed by atoms with Crippen LogP contribution in [0.4, 0.5) is 11.4 Å². The number of nitrogens with one attached hydrogen (secondary N) is 1. The quantitative estimate of drug-likeness (QED) is 0.421. The summed E-state index contributed by atoms with van der Waals surface area (Å²) in [5, 5.41) is 14.2. The molecule has 9 heteroatoms. The average molecular weight is 418 g/mol. The first-order valence-corrected chi connectivity index (χ1v) is 9.54. The number of carbonyl (C=O) groups is 2. The number of nitrogens with zero attached hydrogens (tertiary/aromatic N) is 2. The highest BCUT2D eigenvalue weighted by molar-refractivity contribution is 6.31. The number of ether oxygens (including phenoxy) is 1. The maximum atomic E-state index is 12.6. The molecular formula is C20H20ClN3O5. The number of halogens is 1. The van der Waals surface area contributed by atoms with Crippen molar-refractivity contribution >= 4 is 34.9 Å². The summed E-state index contributed by atoms with van der Waals surface area (Å²) in [7, 11) is 0. The van der Waals surface area contributed by atoms with Crippen molar-refractivity contribution in [3.05, 3.63) is 68.7 Å². The summed E-state index contributed by atoms with van der Waals surface area (Å²) in [5.41, 5.74) is 1.20. The molecule has 0 atom stereocenters. The highest BCUT2D eigenvalue weighted by Crippen LogP contribution is 2.29. The van der Waals surface area contributed by atoms with E-state index in [9.17, 15) is 19.7 Å². The van der Waals surface area contributed by atoms with Crippen molar-refractivity contribution in [1.29, 1.82) is 0 Å². The van der Waals surface area contributed by atoms with Gasteiger partial charge in [0.15, 0.2) is 6.61 Å². The molecule has 0 aromatic heterocycles. The molecule has 3 rings (SSSR count). The number of rotatable bonds is 7. The number of hydrogen-bond donors (Lipinski definition) is 1. The van der Waals surface area contributed by atoms with Crippen molar-refractivity contribution in [1.82, 2.24) is 5.32 Å². The summed E-state index contributed by atoms with van der Waals surface area (Å²) in [4.78, 5) is 37.1. The lowest BCUT2D eigenvalue weighted by Gasteiger charge is -2.20. The van der Waals surface area contributed by atoms with Crippen LogP contribution in [0.2, 0.25) is 5.02 Å². The molecule has 1 aliphatic heterocycles. The molecular weight excluding hydrogens is 398 g/mol. The third kappa shape index (κ3) is 5.23. The minimum absolute atomic E-state index is 0.0833. The van der Waals surface area contributed by atoms with Crippen molar-refractivity contribution in [3.63, 3.8) is 0 Å². The van der Waals surface area contributed by atoms with E-state index >= 15 is 0 Å². The summed E-state index contributed by atoms with van der Waals surface area (Å²) in [5.74, 6) is -1.27. The Morgan fingerprint density at radius 3 is 2.59 bits per heavy atom. The van der Waals surface area contributed by atoms with Gasteiger partial charge in [0.2, 0.25) is 0 Å². The average Bonchev–Trinajstić information content (AvgIpc) is 3.25. The van der Waals surface area contributed by atoms with Crippen molar-refractivity contribution in [2.45, 2.75) is 19.4 Å². The van der Waals surface area contributed by atoms with Gasteiger partial charge in [0.25, 0.3) is 11.6 Å². The highest BCUT2D eigenvalue weighted by Gasteiger charge is 2.24. The molecule has 1 fully saturated rings. The van der Waals surface area contributed by atoms with Gasteiger partial charge in [-0.2, -0.15) is 0 Å². The minimum Gasteiger partial charge on any atom is -0.452 e. The first-order chi connectivity index (χ1) is 14.0. The van der Waals surface area contributed by atoms with Crippen LogP contribution in [0, 0.1) is 10.1 Å². The molecule has 2 aromatic rings. The van der Waals surface area contributed by atoms with Gasteiger partial charge in [-0.25, -0.2) is 4.79 Å². The Kier molecular flexibility index (Phi) is 6.66. The second-order valence-electron chi connectivity index (χ2n) is 6.60. The van der Waals surface area contributed by atoms with Crippen LogP contribution in [0.15, 0.2) is 42.5 Å². The standard InChI is InChI=1S/C20H20ClN3O5/c21-17-6-2-1-5-14(17)12-22-19(25)13-29-20(26)16-11-15(24(27)28)7-8-18(16)23-9-3-4-10-23/h1-2,5-8,11H,3-4,9-10,12-13H2,(H,22,25). The van der Waals surface area contributed by atoms with Crippen LogP contribution in [0.25, 0.3) is 0 Å². The van der Waals surface area contributed by atoms with E-state index in [1.807, 2.05) is 4.90 Å². The second kappa shape index (κ2) is 9.38. The third-order valence-corrected chi connectivity index (χ3v) is 4.99. The molecule has 1 saturated heterocycles. The zero-order valence-corrected chi connectivity index (χ0v) is 16.4. The van der Waals surface area contributed by atoms with Gasteiger partial charge < -0.3 is 15.0 Å². The first-order valence-electron chi connectivity index (χ1n) is 9.16. The fourth-order valence-corrected chi connectivity index (χ4v) is 3.33. The third-order valence-electron chi connectivity index (χ3n) is 4.63. The van der Waals surface area contributed by atoms with E-state index in [1.54, 1.807) is 30.3 Å². The first kappa shape index (κ1) is 20.6. The number of carbonyl (C=O) groups excluding carboxylic acids is 2. The number of esters is 1. The Morgan fingerprint density at radius 2 is 1.90 bits per heavy atom. The molecule has 1 aliphatic rings. The van der Waals surface area contributed by atoms with Crippen LogP contribution in [-0.2, 0) is 16.1 Å². The molecule has 152 valence electrons. The predicted octanol–water partition coefficient (Wildman–Crippen LogP) is 3.32. The summed E-state index contributed by atoms with van der Waals surface area (Å²) in [6, 6.07) is 11.2. The molecule has 29 heavy (non-hydrogen) atoms. The van der Waals surface area contributed by atoms with Gasteiger partial charge in [0.1, 0.15) is 0 Å². The molecule has 0 bridgehead atoms. The predicted molar refractivity (Wildman–Crippen MR) is 108 cm³/mol. The number of benzene rings is 2. The molecule has 2 aromatic carbocycles. The molecule has 8 nitrogen and oxygen atoms in total. The van der Waals surface area contributed by atoms with Gasteiger partial charge in [-0.15, -0.1) is 0 Å². The number of anilines is 1. The molecule has 0 aliphatic carbocycles. The van der Waals surface area contributed by atoms with Gasteiger partial charge >= 0.3 is 5.97 Å². The van der Waals surface area contributed by atoms with Gasteiger partial charge in [-0.1, -0.05) is 29.8 Å². The van der Waals surface area contributed by atoms with E-state index < -0.39 is 23.4 Å².